The Labute approximate surface area is 106 Å². The highest BCUT2D eigenvalue weighted by Crippen LogP contribution is 2.21. The van der Waals surface area contributed by atoms with Gasteiger partial charge in [-0.15, -0.1) is 0 Å². The fourth-order valence-corrected chi connectivity index (χ4v) is 1.64. The molecule has 0 spiro atoms. The lowest BCUT2D eigenvalue weighted by Gasteiger charge is -2.12. The molecule has 1 aromatic rings. The van der Waals surface area contributed by atoms with Gasteiger partial charge in [0.1, 0.15) is 0 Å². The lowest BCUT2D eigenvalue weighted by molar-refractivity contribution is 0.0945. The van der Waals surface area contributed by atoms with Crippen LogP contribution in [0.3, 0.4) is 0 Å². The van der Waals surface area contributed by atoms with Crippen LogP contribution in [0.1, 0.15) is 23.2 Å². The topological polar surface area (TPSA) is 61.5 Å². The maximum Gasteiger partial charge on any atom is 0.182 e. The van der Waals surface area contributed by atoms with Crippen molar-refractivity contribution in [3.05, 3.63) is 29.6 Å². The van der Waals surface area contributed by atoms with Crippen molar-refractivity contribution < 1.29 is 18.7 Å². The molecular weight excluding hydrogens is 237 g/mol. The second-order valence-corrected chi connectivity index (χ2v) is 3.93. The van der Waals surface area contributed by atoms with E-state index >= 15 is 0 Å². The zero-order valence-corrected chi connectivity index (χ0v) is 10.6. The Bertz CT molecular complexity index is 409. The minimum absolute atomic E-state index is 0.0285. The molecule has 0 saturated heterocycles. The van der Waals surface area contributed by atoms with E-state index in [0.29, 0.717) is 19.4 Å². The zero-order chi connectivity index (χ0) is 13.5. The van der Waals surface area contributed by atoms with Crippen molar-refractivity contribution in [3.63, 3.8) is 0 Å². The third-order valence-electron chi connectivity index (χ3n) is 2.65. The average Bonchev–Trinajstić information content (AvgIpc) is 2.38. The summed E-state index contributed by atoms with van der Waals surface area (Å²) in [5, 5.41) is 0. The van der Waals surface area contributed by atoms with Gasteiger partial charge in [0, 0.05) is 13.7 Å². The SMILES string of the molecule is COCCCC(N)C(=O)c1cccc(OC)c1F. The van der Waals surface area contributed by atoms with Gasteiger partial charge in [-0.1, -0.05) is 6.07 Å². The summed E-state index contributed by atoms with van der Waals surface area (Å²) in [4.78, 5) is 12.0. The molecule has 18 heavy (non-hydrogen) atoms. The van der Waals surface area contributed by atoms with Gasteiger partial charge in [0.25, 0.3) is 0 Å². The van der Waals surface area contributed by atoms with Crippen LogP contribution in [0, 0.1) is 5.82 Å². The first-order chi connectivity index (χ1) is 8.61. The smallest absolute Gasteiger partial charge is 0.182 e. The van der Waals surface area contributed by atoms with Gasteiger partial charge in [-0.05, 0) is 25.0 Å². The summed E-state index contributed by atoms with van der Waals surface area (Å²) in [6, 6.07) is 3.72. The van der Waals surface area contributed by atoms with Crippen molar-refractivity contribution in [3.8, 4) is 5.75 Å². The van der Waals surface area contributed by atoms with Crippen LogP contribution < -0.4 is 10.5 Å². The number of hydrogen-bond acceptors (Lipinski definition) is 4. The van der Waals surface area contributed by atoms with Crippen molar-refractivity contribution in [1.29, 1.82) is 0 Å². The molecule has 0 bridgehead atoms. The van der Waals surface area contributed by atoms with Gasteiger partial charge in [0.05, 0.1) is 18.7 Å². The van der Waals surface area contributed by atoms with Gasteiger partial charge in [-0.25, -0.2) is 4.39 Å². The Balaban J connectivity index is 2.77. The summed E-state index contributed by atoms with van der Waals surface area (Å²) in [7, 11) is 2.93. The highest BCUT2D eigenvalue weighted by Gasteiger charge is 2.20. The van der Waals surface area contributed by atoms with Crippen LogP contribution in [-0.2, 0) is 4.74 Å². The predicted octanol–water partition coefficient (Wildman–Crippen LogP) is 1.77. The lowest BCUT2D eigenvalue weighted by Crippen LogP contribution is -2.31. The van der Waals surface area contributed by atoms with Crippen LogP contribution in [0.2, 0.25) is 0 Å². The maximum absolute atomic E-state index is 13.8. The highest BCUT2D eigenvalue weighted by molar-refractivity contribution is 6.00. The fraction of sp³-hybridized carbons (Fsp3) is 0.462. The summed E-state index contributed by atoms with van der Waals surface area (Å²) in [6.45, 7) is 0.529. The molecule has 100 valence electrons. The molecule has 4 nitrogen and oxygen atoms in total. The average molecular weight is 255 g/mol. The third kappa shape index (κ3) is 3.51. The Morgan fingerprint density at radius 1 is 1.44 bits per heavy atom. The molecule has 0 radical (unpaired) electrons. The number of ketones is 1. The Morgan fingerprint density at radius 3 is 2.78 bits per heavy atom. The predicted molar refractivity (Wildman–Crippen MR) is 66.4 cm³/mol. The van der Waals surface area contributed by atoms with E-state index in [-0.39, 0.29) is 11.3 Å². The summed E-state index contributed by atoms with van der Waals surface area (Å²) in [5.41, 5.74) is 5.71. The number of ether oxygens (including phenoxy) is 2. The summed E-state index contributed by atoms with van der Waals surface area (Å²) in [6.07, 6.45) is 1.12. The molecule has 0 heterocycles. The zero-order valence-electron chi connectivity index (χ0n) is 10.6. The number of rotatable bonds is 7. The normalized spacial score (nSPS) is 12.2. The molecule has 1 aromatic carbocycles. The number of carbonyl (C=O) groups is 1. The molecule has 0 amide bonds. The number of nitrogens with two attached hydrogens (primary N) is 1. The Hall–Kier alpha value is -1.46. The second-order valence-electron chi connectivity index (χ2n) is 3.93. The Kier molecular flexibility index (Phi) is 5.74. The Morgan fingerprint density at radius 2 is 2.17 bits per heavy atom. The molecular formula is C13H18FNO3. The van der Waals surface area contributed by atoms with Crippen molar-refractivity contribution in [2.45, 2.75) is 18.9 Å². The molecule has 2 N–H and O–H groups in total. The van der Waals surface area contributed by atoms with Gasteiger partial charge in [-0.2, -0.15) is 0 Å². The van der Waals surface area contributed by atoms with Gasteiger partial charge < -0.3 is 15.2 Å². The van der Waals surface area contributed by atoms with Crippen LogP contribution in [-0.4, -0.2) is 32.7 Å². The number of halogens is 1. The molecule has 0 aliphatic heterocycles. The van der Waals surface area contributed by atoms with Gasteiger partial charge in [0.2, 0.25) is 0 Å². The fourth-order valence-electron chi connectivity index (χ4n) is 1.64. The summed E-state index contributed by atoms with van der Waals surface area (Å²) in [5.74, 6) is -1.03. The lowest BCUT2D eigenvalue weighted by atomic mass is 10.0. The van der Waals surface area contributed by atoms with E-state index in [1.165, 1.54) is 19.2 Å². The van der Waals surface area contributed by atoms with Crippen LogP contribution in [0.25, 0.3) is 0 Å². The van der Waals surface area contributed by atoms with Crippen molar-refractivity contribution in [2.24, 2.45) is 5.73 Å². The van der Waals surface area contributed by atoms with Crippen LogP contribution in [0.5, 0.6) is 5.75 Å². The number of carbonyl (C=O) groups excluding carboxylic acids is 1. The third-order valence-corrected chi connectivity index (χ3v) is 2.65. The van der Waals surface area contributed by atoms with Crippen molar-refractivity contribution in [2.75, 3.05) is 20.8 Å². The van der Waals surface area contributed by atoms with E-state index in [2.05, 4.69) is 0 Å². The van der Waals surface area contributed by atoms with E-state index in [1.807, 2.05) is 0 Å². The monoisotopic (exact) mass is 255 g/mol. The van der Waals surface area contributed by atoms with Crippen LogP contribution in [0.15, 0.2) is 18.2 Å². The maximum atomic E-state index is 13.8. The molecule has 1 rings (SSSR count). The van der Waals surface area contributed by atoms with E-state index in [9.17, 15) is 9.18 Å². The van der Waals surface area contributed by atoms with Gasteiger partial charge >= 0.3 is 0 Å². The van der Waals surface area contributed by atoms with Crippen LogP contribution in [0.4, 0.5) is 4.39 Å². The molecule has 0 saturated carbocycles. The van der Waals surface area contributed by atoms with E-state index in [1.54, 1.807) is 13.2 Å². The first kappa shape index (κ1) is 14.6. The minimum atomic E-state index is -0.721. The first-order valence-corrected chi connectivity index (χ1v) is 5.73. The van der Waals surface area contributed by atoms with E-state index in [0.717, 1.165) is 0 Å². The minimum Gasteiger partial charge on any atom is -0.494 e. The van der Waals surface area contributed by atoms with Crippen molar-refractivity contribution >= 4 is 5.78 Å². The van der Waals surface area contributed by atoms with E-state index in [4.69, 9.17) is 15.2 Å². The molecule has 1 atom stereocenters. The van der Waals surface area contributed by atoms with E-state index < -0.39 is 17.6 Å². The second kappa shape index (κ2) is 7.08. The highest BCUT2D eigenvalue weighted by atomic mass is 19.1. The number of hydrogen-bond donors (Lipinski definition) is 1. The summed E-state index contributed by atoms with van der Waals surface area (Å²) < 4.78 is 23.5. The number of benzene rings is 1. The quantitative estimate of drug-likeness (QED) is 0.596. The summed E-state index contributed by atoms with van der Waals surface area (Å²) >= 11 is 0. The van der Waals surface area contributed by atoms with Crippen LogP contribution >= 0.6 is 0 Å². The van der Waals surface area contributed by atoms with Gasteiger partial charge in [-0.3, -0.25) is 4.79 Å². The standard InChI is InChI=1S/C13H18FNO3/c1-17-8-4-6-10(15)13(16)9-5-3-7-11(18-2)12(9)14/h3,5,7,10H,4,6,8,15H2,1-2H3. The largest absolute Gasteiger partial charge is 0.494 e. The molecule has 0 aliphatic rings. The molecule has 5 heteroatoms. The molecule has 0 fully saturated rings. The first-order valence-electron chi connectivity index (χ1n) is 5.73. The van der Waals surface area contributed by atoms with Gasteiger partial charge in [0.15, 0.2) is 17.3 Å². The number of methoxy groups -OCH3 is 2. The molecule has 1 unspecified atom stereocenters. The number of Topliss-reactive ketones (excluding diaryl/α,β-unsaturated/α-hetero) is 1. The molecule has 0 aromatic heterocycles. The van der Waals surface area contributed by atoms with Crippen molar-refractivity contribution in [1.82, 2.24) is 0 Å². The molecule has 0 aliphatic carbocycles.